The number of benzene rings is 2. The van der Waals surface area contributed by atoms with Crippen molar-refractivity contribution in [1.82, 2.24) is 10.2 Å². The van der Waals surface area contributed by atoms with Gasteiger partial charge in [-0.15, -0.1) is 10.2 Å². The fourth-order valence-corrected chi connectivity index (χ4v) is 4.31. The molecule has 2 N–H and O–H groups in total. The van der Waals surface area contributed by atoms with E-state index in [9.17, 15) is 4.79 Å². The van der Waals surface area contributed by atoms with Gasteiger partial charge < -0.3 is 10.6 Å². The first-order valence-corrected chi connectivity index (χ1v) is 9.92. The Balaban J connectivity index is 1.61. The molecular weight excluding hydrogens is 364 g/mol. The number of nitrogens with zero attached hydrogens (tertiary/aromatic N) is 2. The molecule has 0 aliphatic rings. The lowest BCUT2D eigenvalue weighted by Crippen LogP contribution is -2.23. The maximum Gasteiger partial charge on any atom is 0.237 e. The number of hydrogen-bond acceptors (Lipinski definition) is 6. The standard InChI is InChI=1S/C19H20N4OS2/c1-12-8-7-9-13(2)16(12)21-17(24)14(3)25-19-23-22-18(26-19)20-15-10-5-4-6-11-15/h4-11,14H,1-3H3,(H,20,22)(H,21,24). The molecule has 1 atom stereocenters. The second-order valence-electron chi connectivity index (χ2n) is 5.88. The summed E-state index contributed by atoms with van der Waals surface area (Å²) in [7, 11) is 0. The van der Waals surface area contributed by atoms with Gasteiger partial charge >= 0.3 is 0 Å². The first kappa shape index (κ1) is 18.4. The highest BCUT2D eigenvalue weighted by atomic mass is 32.2. The summed E-state index contributed by atoms with van der Waals surface area (Å²) in [6, 6.07) is 15.8. The second-order valence-corrected chi connectivity index (χ2v) is 8.45. The molecule has 134 valence electrons. The number of thioether (sulfide) groups is 1. The Morgan fingerprint density at radius 1 is 1.04 bits per heavy atom. The van der Waals surface area contributed by atoms with Crippen LogP contribution in [0.5, 0.6) is 0 Å². The Hall–Kier alpha value is -2.38. The number of para-hydroxylation sites is 2. The third-order valence-corrected chi connectivity index (χ3v) is 5.83. The maximum absolute atomic E-state index is 12.5. The Labute approximate surface area is 161 Å². The van der Waals surface area contributed by atoms with Gasteiger partial charge in [0.25, 0.3) is 0 Å². The highest BCUT2D eigenvalue weighted by Crippen LogP contribution is 2.31. The van der Waals surface area contributed by atoms with Crippen molar-refractivity contribution < 1.29 is 4.79 Å². The third-order valence-electron chi connectivity index (χ3n) is 3.81. The van der Waals surface area contributed by atoms with Gasteiger partial charge in [0.1, 0.15) is 0 Å². The number of anilines is 3. The van der Waals surface area contributed by atoms with Crippen LogP contribution < -0.4 is 10.6 Å². The molecule has 1 amide bonds. The van der Waals surface area contributed by atoms with Gasteiger partial charge in [-0.3, -0.25) is 4.79 Å². The zero-order valence-electron chi connectivity index (χ0n) is 14.8. The van der Waals surface area contributed by atoms with Crippen molar-refractivity contribution in [2.75, 3.05) is 10.6 Å². The van der Waals surface area contributed by atoms with E-state index in [4.69, 9.17) is 0 Å². The van der Waals surface area contributed by atoms with Crippen LogP contribution >= 0.6 is 23.1 Å². The molecule has 0 aliphatic carbocycles. The smallest absolute Gasteiger partial charge is 0.237 e. The van der Waals surface area contributed by atoms with Crippen molar-refractivity contribution in [3.8, 4) is 0 Å². The molecule has 5 nitrogen and oxygen atoms in total. The molecule has 7 heteroatoms. The van der Waals surface area contributed by atoms with Crippen LogP contribution in [0.15, 0.2) is 52.9 Å². The molecule has 1 heterocycles. The molecule has 0 spiro atoms. The number of aromatic nitrogens is 2. The number of rotatable bonds is 6. The van der Waals surface area contributed by atoms with E-state index in [0.717, 1.165) is 26.8 Å². The maximum atomic E-state index is 12.5. The summed E-state index contributed by atoms with van der Waals surface area (Å²) in [6.07, 6.45) is 0. The summed E-state index contributed by atoms with van der Waals surface area (Å²) in [4.78, 5) is 12.5. The van der Waals surface area contributed by atoms with Crippen molar-refractivity contribution in [2.45, 2.75) is 30.4 Å². The highest BCUT2D eigenvalue weighted by molar-refractivity contribution is 8.02. The van der Waals surface area contributed by atoms with Crippen LogP contribution in [0.4, 0.5) is 16.5 Å². The minimum atomic E-state index is -0.272. The number of nitrogens with one attached hydrogen (secondary N) is 2. The molecule has 0 bridgehead atoms. The fourth-order valence-electron chi connectivity index (χ4n) is 2.39. The molecule has 2 aromatic carbocycles. The van der Waals surface area contributed by atoms with Crippen LogP contribution in [0, 0.1) is 13.8 Å². The van der Waals surface area contributed by atoms with E-state index in [-0.39, 0.29) is 11.2 Å². The quantitative estimate of drug-likeness (QED) is 0.584. The molecular formula is C19H20N4OS2. The average Bonchev–Trinajstić information content (AvgIpc) is 3.05. The van der Waals surface area contributed by atoms with Crippen LogP contribution in [-0.4, -0.2) is 21.4 Å². The fraction of sp³-hybridized carbons (Fsp3) is 0.211. The number of carbonyl (C=O) groups is 1. The number of aryl methyl sites for hydroxylation is 2. The summed E-state index contributed by atoms with van der Waals surface area (Å²) in [5.41, 5.74) is 3.95. The van der Waals surface area contributed by atoms with E-state index in [1.165, 1.54) is 23.1 Å². The zero-order valence-corrected chi connectivity index (χ0v) is 16.4. The molecule has 1 unspecified atom stereocenters. The summed E-state index contributed by atoms with van der Waals surface area (Å²) >= 11 is 2.84. The van der Waals surface area contributed by atoms with Crippen LogP contribution in [0.1, 0.15) is 18.1 Å². The van der Waals surface area contributed by atoms with Crippen molar-refractivity contribution in [2.24, 2.45) is 0 Å². The highest BCUT2D eigenvalue weighted by Gasteiger charge is 2.18. The normalized spacial score (nSPS) is 11.8. The lowest BCUT2D eigenvalue weighted by molar-refractivity contribution is -0.115. The molecule has 0 fully saturated rings. The van der Waals surface area contributed by atoms with E-state index in [1.54, 1.807) is 0 Å². The van der Waals surface area contributed by atoms with Gasteiger partial charge in [0.05, 0.1) is 5.25 Å². The molecule has 0 aliphatic heterocycles. The van der Waals surface area contributed by atoms with Crippen molar-refractivity contribution >= 4 is 45.5 Å². The van der Waals surface area contributed by atoms with E-state index in [1.807, 2.05) is 69.3 Å². The number of carbonyl (C=O) groups excluding carboxylic acids is 1. The summed E-state index contributed by atoms with van der Waals surface area (Å²) in [5.74, 6) is -0.0415. The Morgan fingerprint density at radius 2 is 1.73 bits per heavy atom. The van der Waals surface area contributed by atoms with Gasteiger partial charge in [0.2, 0.25) is 11.0 Å². The Morgan fingerprint density at radius 3 is 2.42 bits per heavy atom. The van der Waals surface area contributed by atoms with Crippen molar-refractivity contribution in [3.05, 3.63) is 59.7 Å². The van der Waals surface area contributed by atoms with E-state index < -0.39 is 0 Å². The SMILES string of the molecule is Cc1cccc(C)c1NC(=O)C(C)Sc1nnc(Nc2ccccc2)s1. The van der Waals surface area contributed by atoms with Gasteiger partial charge in [-0.05, 0) is 44.0 Å². The summed E-state index contributed by atoms with van der Waals surface area (Å²) < 4.78 is 0.757. The van der Waals surface area contributed by atoms with Crippen LogP contribution in [-0.2, 0) is 4.79 Å². The van der Waals surface area contributed by atoms with Gasteiger partial charge in [-0.2, -0.15) is 0 Å². The van der Waals surface area contributed by atoms with Crippen LogP contribution in [0.2, 0.25) is 0 Å². The first-order chi connectivity index (χ1) is 12.5. The predicted molar refractivity (Wildman–Crippen MR) is 109 cm³/mol. The van der Waals surface area contributed by atoms with Gasteiger partial charge in [0, 0.05) is 11.4 Å². The van der Waals surface area contributed by atoms with Crippen LogP contribution in [0.3, 0.4) is 0 Å². The minimum absolute atomic E-state index is 0.0415. The monoisotopic (exact) mass is 384 g/mol. The molecule has 3 rings (SSSR count). The molecule has 3 aromatic rings. The second kappa shape index (κ2) is 8.33. The lowest BCUT2D eigenvalue weighted by Gasteiger charge is -2.14. The number of amides is 1. The minimum Gasteiger partial charge on any atom is -0.330 e. The van der Waals surface area contributed by atoms with Gasteiger partial charge in [0.15, 0.2) is 4.34 Å². The summed E-state index contributed by atoms with van der Waals surface area (Å²) in [6.45, 7) is 5.86. The topological polar surface area (TPSA) is 66.9 Å². The van der Waals surface area contributed by atoms with Crippen molar-refractivity contribution in [3.63, 3.8) is 0 Å². The molecule has 0 radical (unpaired) electrons. The Kier molecular flexibility index (Phi) is 5.90. The van der Waals surface area contributed by atoms with E-state index >= 15 is 0 Å². The average molecular weight is 385 g/mol. The van der Waals surface area contributed by atoms with Gasteiger partial charge in [-0.25, -0.2) is 0 Å². The predicted octanol–water partition coefficient (Wildman–Crippen LogP) is 5.02. The molecule has 0 saturated carbocycles. The van der Waals surface area contributed by atoms with Crippen molar-refractivity contribution in [1.29, 1.82) is 0 Å². The van der Waals surface area contributed by atoms with E-state index in [2.05, 4.69) is 20.8 Å². The van der Waals surface area contributed by atoms with E-state index in [0.29, 0.717) is 5.13 Å². The summed E-state index contributed by atoms with van der Waals surface area (Å²) in [5, 5.41) is 15.0. The van der Waals surface area contributed by atoms with Crippen LogP contribution in [0.25, 0.3) is 0 Å². The first-order valence-electron chi connectivity index (χ1n) is 8.22. The Bertz CT molecular complexity index is 875. The third kappa shape index (κ3) is 4.62. The van der Waals surface area contributed by atoms with Gasteiger partial charge in [-0.1, -0.05) is 59.5 Å². The largest absolute Gasteiger partial charge is 0.330 e. The molecule has 0 saturated heterocycles. The molecule has 26 heavy (non-hydrogen) atoms. The zero-order chi connectivity index (χ0) is 18.5. The lowest BCUT2D eigenvalue weighted by atomic mass is 10.1. The number of hydrogen-bond donors (Lipinski definition) is 2. The molecule has 1 aromatic heterocycles.